The Labute approximate surface area is 404 Å². The van der Waals surface area contributed by atoms with E-state index in [2.05, 4.69) is 182 Å². The first-order valence-electron chi connectivity index (χ1n) is 22.1. The third kappa shape index (κ3) is 8.74. The first-order valence-corrected chi connectivity index (χ1v) is 22.9. The number of thiophene rings is 1. The molecule has 0 atom stereocenters. The summed E-state index contributed by atoms with van der Waals surface area (Å²) in [5.74, 6) is 0. The molecule has 8 heteroatoms. The Balaban J connectivity index is 0.000000823. The van der Waals surface area contributed by atoms with Gasteiger partial charge in [-0.15, -0.1) is 23.0 Å². The van der Waals surface area contributed by atoms with E-state index in [-0.39, 0.29) is 17.1 Å². The van der Waals surface area contributed by atoms with Crippen molar-refractivity contribution in [2.45, 2.75) is 20.8 Å². The molecule has 0 fully saturated rings. The van der Waals surface area contributed by atoms with Crippen molar-refractivity contribution in [1.82, 2.24) is 29.9 Å². The summed E-state index contributed by atoms with van der Waals surface area (Å²) in [7, 11) is 0. The van der Waals surface area contributed by atoms with Crippen molar-refractivity contribution in [3.63, 3.8) is 0 Å². The number of benzene rings is 4. The van der Waals surface area contributed by atoms with E-state index in [4.69, 9.17) is 9.97 Å². The molecule has 67 heavy (non-hydrogen) atoms. The van der Waals surface area contributed by atoms with Crippen LogP contribution in [0.3, 0.4) is 0 Å². The molecule has 8 bridgehead atoms. The van der Waals surface area contributed by atoms with E-state index in [0.717, 1.165) is 105 Å². The Bertz CT molecular complexity index is 3510. The van der Waals surface area contributed by atoms with E-state index in [1.54, 1.807) is 11.3 Å². The summed E-state index contributed by atoms with van der Waals surface area (Å²) >= 11 is 1.78. The van der Waals surface area contributed by atoms with Gasteiger partial charge in [-0.2, -0.15) is 41.5 Å². The maximum atomic E-state index is 5.50. The van der Waals surface area contributed by atoms with Crippen LogP contribution in [0.15, 0.2) is 182 Å². The second-order valence-electron chi connectivity index (χ2n) is 16.7. The average Bonchev–Trinajstić information content (AvgIpc) is 4.19. The summed E-state index contributed by atoms with van der Waals surface area (Å²) in [6.07, 6.45) is 10.6. The van der Waals surface area contributed by atoms with Gasteiger partial charge in [-0.25, -0.2) is 26.8 Å². The van der Waals surface area contributed by atoms with Crippen LogP contribution in [-0.4, -0.2) is 29.9 Å². The van der Waals surface area contributed by atoms with Crippen molar-refractivity contribution >= 4 is 56.1 Å². The number of aromatic amines is 1. The summed E-state index contributed by atoms with van der Waals surface area (Å²) < 4.78 is 4.11. The van der Waals surface area contributed by atoms with Crippen LogP contribution in [0.5, 0.6) is 0 Å². The molecule has 326 valence electrons. The van der Waals surface area contributed by atoms with Gasteiger partial charge >= 0.3 is 0 Å². The third-order valence-electron chi connectivity index (χ3n) is 12.1. The van der Waals surface area contributed by atoms with Crippen LogP contribution in [-0.2, 0) is 17.1 Å². The van der Waals surface area contributed by atoms with Crippen LogP contribution in [0.1, 0.15) is 39.5 Å². The van der Waals surface area contributed by atoms with Crippen LogP contribution >= 0.6 is 11.3 Å². The molecule has 0 amide bonds. The molecule has 0 radical (unpaired) electrons. The Morgan fingerprint density at radius 2 is 0.925 bits per heavy atom. The molecule has 2 aliphatic heterocycles. The van der Waals surface area contributed by atoms with Gasteiger partial charge in [-0.1, -0.05) is 107 Å². The van der Waals surface area contributed by atoms with Crippen LogP contribution in [0.25, 0.3) is 106 Å². The van der Waals surface area contributed by atoms with Crippen molar-refractivity contribution in [3.8, 4) is 61.5 Å². The molecular formula is C59H44FeN6S-2. The second-order valence-corrected chi connectivity index (χ2v) is 17.8. The van der Waals surface area contributed by atoms with Gasteiger partial charge in [0.25, 0.3) is 0 Å². The average molecular weight is 925 g/mol. The summed E-state index contributed by atoms with van der Waals surface area (Å²) in [6.45, 7) is 6.38. The van der Waals surface area contributed by atoms with Gasteiger partial charge in [0.1, 0.15) is 0 Å². The van der Waals surface area contributed by atoms with E-state index in [9.17, 15) is 0 Å². The fraction of sp³-hybridized carbons (Fsp3) is 0.0508. The van der Waals surface area contributed by atoms with Crippen LogP contribution < -0.4 is 0 Å². The van der Waals surface area contributed by atoms with Crippen LogP contribution in [0.2, 0.25) is 0 Å². The minimum atomic E-state index is 0. The Morgan fingerprint density at radius 1 is 0.478 bits per heavy atom. The molecule has 4 aromatic heterocycles. The normalized spacial score (nSPS) is 11.6. The van der Waals surface area contributed by atoms with Gasteiger partial charge in [0, 0.05) is 71.6 Å². The first kappa shape index (κ1) is 43.2. The Kier molecular flexibility index (Phi) is 12.0. The maximum absolute atomic E-state index is 5.50. The first-order chi connectivity index (χ1) is 32.4. The van der Waals surface area contributed by atoms with E-state index < -0.39 is 0 Å². The monoisotopic (exact) mass is 924 g/mol. The third-order valence-corrected chi connectivity index (χ3v) is 13.2. The summed E-state index contributed by atoms with van der Waals surface area (Å²) in [5, 5.41) is 8.90. The van der Waals surface area contributed by atoms with E-state index >= 15 is 0 Å². The summed E-state index contributed by atoms with van der Waals surface area (Å²) in [5.41, 5.74) is 20.6. The quantitative estimate of drug-likeness (QED) is 0.133. The van der Waals surface area contributed by atoms with Gasteiger partial charge in [-0.3, -0.25) is 0 Å². The van der Waals surface area contributed by atoms with Gasteiger partial charge < -0.3 is 4.98 Å². The fourth-order valence-electron chi connectivity index (χ4n) is 8.62. The number of nitrogens with zero attached hydrogens (tertiary/aromatic N) is 5. The Morgan fingerprint density at radius 3 is 1.36 bits per heavy atom. The van der Waals surface area contributed by atoms with Crippen molar-refractivity contribution in [2.24, 2.45) is 0 Å². The Hall–Kier alpha value is -7.74. The number of H-pyrrole nitrogens is 1. The molecule has 12 rings (SSSR count). The molecule has 6 heterocycles. The summed E-state index contributed by atoms with van der Waals surface area (Å²) in [4.78, 5) is 14.9. The minimum Gasteiger partial charge on any atom is -0.354 e. The molecule has 6 aromatic carbocycles. The number of hydrogen-bond acceptors (Lipinski definition) is 5. The zero-order chi connectivity index (χ0) is 44.6. The smallest absolute Gasteiger partial charge is 0.0737 e. The number of nitrogens with one attached hydrogen (secondary N) is 1. The molecule has 2 aliphatic rings. The summed E-state index contributed by atoms with van der Waals surface area (Å²) in [6, 6.07) is 61.7. The zero-order valence-corrected chi connectivity index (χ0v) is 39.0. The predicted molar refractivity (Wildman–Crippen MR) is 276 cm³/mol. The van der Waals surface area contributed by atoms with Crippen molar-refractivity contribution in [3.05, 3.63) is 222 Å². The van der Waals surface area contributed by atoms with Gasteiger partial charge in [0.2, 0.25) is 0 Å². The number of hydrogen-bond donors (Lipinski definition) is 1. The molecule has 1 N–H and O–H groups in total. The molecule has 0 saturated heterocycles. The molecular weight excluding hydrogens is 881 g/mol. The number of aromatic nitrogens is 6. The van der Waals surface area contributed by atoms with Crippen LogP contribution in [0, 0.1) is 20.8 Å². The number of fused-ring (bicyclic) bond motifs is 8. The van der Waals surface area contributed by atoms with E-state index in [1.165, 1.54) is 16.7 Å². The number of aryl methyl sites for hydroxylation is 3. The van der Waals surface area contributed by atoms with Gasteiger partial charge in [0.05, 0.1) is 28.5 Å². The SMILES string of the molecule is Cc1ccc(-c2c3nc(c(-c4ccc(C)cc4)c4ccc(s4)c(-c4ccc(C)cc4)c4nc(c(-c5ccc(-n6cc(-c7ccc[cH-]7)nn6)cc5)c5ccc2[nH]5)C=C4)C=C3)cc1.[Fe].c1cc[cH-]c1. The topological polar surface area (TPSA) is 72.3 Å². The van der Waals surface area contributed by atoms with Crippen molar-refractivity contribution < 1.29 is 17.1 Å². The largest absolute Gasteiger partial charge is 0.354 e. The molecule has 0 unspecified atom stereocenters. The maximum Gasteiger partial charge on any atom is 0.0737 e. The second kappa shape index (κ2) is 18.6. The molecule has 0 spiro atoms. The van der Waals surface area contributed by atoms with Gasteiger partial charge in [-0.05, 0) is 104 Å². The van der Waals surface area contributed by atoms with Gasteiger partial charge in [0.15, 0.2) is 0 Å². The van der Waals surface area contributed by atoms with E-state index in [0.29, 0.717) is 0 Å². The fourth-order valence-corrected chi connectivity index (χ4v) is 9.78. The van der Waals surface area contributed by atoms with Crippen molar-refractivity contribution in [1.29, 1.82) is 0 Å². The molecule has 10 aromatic rings. The molecule has 6 nitrogen and oxygen atoms in total. The van der Waals surface area contributed by atoms with Crippen LogP contribution in [0.4, 0.5) is 0 Å². The van der Waals surface area contributed by atoms with E-state index in [1.807, 2.05) is 65.5 Å². The standard InChI is InChI=1S/C54H39N6S.C5H5.Fe/c1-33-8-14-37(15-9-33)51-42-24-25-43(55-42)52(38-20-22-41(23-21-38)60-32-48(58-59-60)36-6-4-5-7-36)45-27-29-47(57-45)54(40-18-12-35(3)13-19-40)50-31-30-49(61-50)53(46-28-26-44(51)56-46)39-16-10-34(2)11-17-39;1-2-4-5-3-1;/h4-32,55H,1-3H3;1-5H;/q2*-1;. The molecule has 0 aliphatic carbocycles. The molecule has 0 saturated carbocycles. The number of rotatable bonds is 6. The minimum absolute atomic E-state index is 0. The van der Waals surface area contributed by atoms with Crippen molar-refractivity contribution in [2.75, 3.05) is 0 Å². The zero-order valence-electron chi connectivity index (χ0n) is 37.1. The predicted octanol–water partition coefficient (Wildman–Crippen LogP) is 15.4.